The van der Waals surface area contributed by atoms with Crippen molar-refractivity contribution in [1.82, 2.24) is 4.68 Å². The molecular weight excluding hydrogens is 256 g/mol. The molecule has 21 heavy (non-hydrogen) atoms. The lowest BCUT2D eigenvalue weighted by Gasteiger charge is -2.32. The number of rotatable bonds is 2. The minimum absolute atomic E-state index is 1.15. The Hall–Kier alpha value is -2.22. The van der Waals surface area contributed by atoms with E-state index in [4.69, 9.17) is 0 Å². The van der Waals surface area contributed by atoms with E-state index in [1.165, 1.54) is 41.4 Å². The van der Waals surface area contributed by atoms with Crippen molar-refractivity contribution in [2.75, 3.05) is 18.1 Å². The first kappa shape index (κ1) is 12.5. The van der Waals surface area contributed by atoms with E-state index in [1.807, 2.05) is 0 Å². The van der Waals surface area contributed by atoms with Gasteiger partial charge in [-0.05, 0) is 31.4 Å². The quantitative estimate of drug-likeness (QED) is 0.672. The molecule has 2 heterocycles. The summed E-state index contributed by atoms with van der Waals surface area (Å²) in [6.07, 6.45) is 3.94. The molecule has 0 amide bonds. The molecule has 4 rings (SSSR count). The number of benzene rings is 2. The van der Waals surface area contributed by atoms with E-state index >= 15 is 0 Å². The maximum absolute atomic E-state index is 2.51. The fourth-order valence-corrected chi connectivity index (χ4v) is 3.34. The zero-order valence-corrected chi connectivity index (χ0v) is 12.2. The van der Waals surface area contributed by atoms with Crippen molar-refractivity contribution in [3.63, 3.8) is 0 Å². The lowest BCUT2D eigenvalue weighted by atomic mass is 10.1. The van der Waals surface area contributed by atoms with Crippen molar-refractivity contribution in [1.29, 1.82) is 0 Å². The lowest BCUT2D eigenvalue weighted by Crippen LogP contribution is -2.39. The van der Waals surface area contributed by atoms with Gasteiger partial charge in [0.05, 0.1) is 11.2 Å². The SMILES string of the molecule is c1ccc(-c2cc3ccccc3n2N2CCCCC2)cc1. The van der Waals surface area contributed by atoms with Crippen LogP contribution in [0.3, 0.4) is 0 Å². The van der Waals surface area contributed by atoms with Crippen LogP contribution in [0.4, 0.5) is 0 Å². The van der Waals surface area contributed by atoms with Crippen LogP contribution in [0.5, 0.6) is 0 Å². The van der Waals surface area contributed by atoms with Crippen molar-refractivity contribution < 1.29 is 0 Å². The highest BCUT2D eigenvalue weighted by Gasteiger charge is 2.17. The molecule has 2 aromatic carbocycles. The second kappa shape index (κ2) is 5.28. The summed E-state index contributed by atoms with van der Waals surface area (Å²) in [5, 5.41) is 3.83. The zero-order chi connectivity index (χ0) is 14.1. The van der Waals surface area contributed by atoms with Crippen LogP contribution in [-0.4, -0.2) is 17.8 Å². The van der Waals surface area contributed by atoms with Crippen LogP contribution < -0.4 is 5.01 Å². The minimum atomic E-state index is 1.15. The molecule has 106 valence electrons. The maximum atomic E-state index is 2.51. The molecule has 2 heteroatoms. The van der Waals surface area contributed by atoms with Crippen molar-refractivity contribution in [3.8, 4) is 11.3 Å². The van der Waals surface area contributed by atoms with Crippen LogP contribution in [0.2, 0.25) is 0 Å². The van der Waals surface area contributed by atoms with Crippen molar-refractivity contribution in [2.24, 2.45) is 0 Å². The number of nitrogens with zero attached hydrogens (tertiary/aromatic N) is 2. The normalized spacial score (nSPS) is 15.5. The van der Waals surface area contributed by atoms with Crippen LogP contribution in [-0.2, 0) is 0 Å². The molecule has 1 aliphatic heterocycles. The summed E-state index contributed by atoms with van der Waals surface area (Å²) >= 11 is 0. The van der Waals surface area contributed by atoms with Gasteiger partial charge in [0.2, 0.25) is 0 Å². The molecule has 0 unspecified atom stereocenters. The molecule has 0 N–H and O–H groups in total. The largest absolute Gasteiger partial charge is 0.312 e. The van der Waals surface area contributed by atoms with Gasteiger partial charge in [-0.3, -0.25) is 4.68 Å². The van der Waals surface area contributed by atoms with E-state index < -0.39 is 0 Å². The van der Waals surface area contributed by atoms with Crippen LogP contribution in [0.1, 0.15) is 19.3 Å². The van der Waals surface area contributed by atoms with Gasteiger partial charge in [-0.1, -0.05) is 48.5 Å². The molecule has 0 saturated carbocycles. The Morgan fingerprint density at radius 2 is 1.43 bits per heavy atom. The Bertz CT molecular complexity index is 737. The molecule has 1 fully saturated rings. The maximum Gasteiger partial charge on any atom is 0.0708 e. The van der Waals surface area contributed by atoms with Gasteiger partial charge in [0.1, 0.15) is 0 Å². The minimum Gasteiger partial charge on any atom is -0.312 e. The molecule has 0 bridgehead atoms. The number of hydrogen-bond donors (Lipinski definition) is 0. The van der Waals surface area contributed by atoms with E-state index in [1.54, 1.807) is 0 Å². The fourth-order valence-electron chi connectivity index (χ4n) is 3.34. The zero-order valence-electron chi connectivity index (χ0n) is 12.2. The van der Waals surface area contributed by atoms with Gasteiger partial charge in [0, 0.05) is 24.0 Å². The molecule has 0 aliphatic carbocycles. The summed E-state index contributed by atoms with van der Waals surface area (Å²) in [7, 11) is 0. The monoisotopic (exact) mass is 276 g/mol. The van der Waals surface area contributed by atoms with Gasteiger partial charge < -0.3 is 5.01 Å². The average molecular weight is 276 g/mol. The Morgan fingerprint density at radius 1 is 0.714 bits per heavy atom. The molecule has 1 aromatic heterocycles. The highest BCUT2D eigenvalue weighted by Crippen LogP contribution is 2.29. The van der Waals surface area contributed by atoms with E-state index in [-0.39, 0.29) is 0 Å². The third-order valence-corrected chi connectivity index (χ3v) is 4.37. The van der Waals surface area contributed by atoms with Crippen LogP contribution in [0.15, 0.2) is 60.7 Å². The summed E-state index contributed by atoms with van der Waals surface area (Å²) in [6, 6.07) is 21.7. The predicted octanol–water partition coefficient (Wildman–Crippen LogP) is 4.43. The molecule has 1 aliphatic rings. The first-order valence-corrected chi connectivity index (χ1v) is 7.85. The third-order valence-electron chi connectivity index (χ3n) is 4.37. The molecule has 1 saturated heterocycles. The average Bonchev–Trinajstić information content (AvgIpc) is 2.96. The first-order valence-electron chi connectivity index (χ1n) is 7.85. The van der Waals surface area contributed by atoms with E-state index in [0.29, 0.717) is 0 Å². The van der Waals surface area contributed by atoms with Crippen molar-refractivity contribution in [2.45, 2.75) is 19.3 Å². The van der Waals surface area contributed by atoms with Crippen LogP contribution in [0.25, 0.3) is 22.2 Å². The van der Waals surface area contributed by atoms with Crippen molar-refractivity contribution in [3.05, 3.63) is 60.7 Å². The van der Waals surface area contributed by atoms with Gasteiger partial charge >= 0.3 is 0 Å². The smallest absolute Gasteiger partial charge is 0.0708 e. The number of aromatic nitrogens is 1. The summed E-state index contributed by atoms with van der Waals surface area (Å²) in [6.45, 7) is 2.30. The van der Waals surface area contributed by atoms with E-state index in [2.05, 4.69) is 70.3 Å². The molecular formula is C19H20N2. The van der Waals surface area contributed by atoms with Gasteiger partial charge in [0.25, 0.3) is 0 Å². The number of para-hydroxylation sites is 1. The number of fused-ring (bicyclic) bond motifs is 1. The highest BCUT2D eigenvalue weighted by atomic mass is 15.5. The predicted molar refractivity (Wildman–Crippen MR) is 89.2 cm³/mol. The topological polar surface area (TPSA) is 8.17 Å². The second-order valence-electron chi connectivity index (χ2n) is 5.78. The molecule has 0 spiro atoms. The molecule has 3 aromatic rings. The van der Waals surface area contributed by atoms with Gasteiger partial charge in [-0.25, -0.2) is 0 Å². The molecule has 0 atom stereocenters. The third kappa shape index (κ3) is 2.21. The van der Waals surface area contributed by atoms with E-state index in [0.717, 1.165) is 13.1 Å². The Balaban J connectivity index is 1.92. The molecule has 2 nitrogen and oxygen atoms in total. The summed E-state index contributed by atoms with van der Waals surface area (Å²) < 4.78 is 2.43. The standard InChI is InChI=1S/C19H20N2/c1-3-9-16(10-4-1)19-15-17-11-5-6-12-18(17)21(19)20-13-7-2-8-14-20/h1,3-6,9-12,15H,2,7-8,13-14H2. The van der Waals surface area contributed by atoms with Gasteiger partial charge in [0.15, 0.2) is 0 Å². The second-order valence-corrected chi connectivity index (χ2v) is 5.78. The fraction of sp³-hybridized carbons (Fsp3) is 0.263. The summed E-state index contributed by atoms with van der Waals surface area (Å²) in [4.78, 5) is 0. The lowest BCUT2D eigenvalue weighted by molar-refractivity contribution is 0.490. The summed E-state index contributed by atoms with van der Waals surface area (Å²) in [5.74, 6) is 0. The van der Waals surface area contributed by atoms with Gasteiger partial charge in [-0.2, -0.15) is 0 Å². The number of piperidine rings is 1. The number of hydrogen-bond acceptors (Lipinski definition) is 1. The first-order chi connectivity index (χ1) is 10.4. The van der Waals surface area contributed by atoms with Crippen LogP contribution >= 0.6 is 0 Å². The Labute approximate surface area is 125 Å². The summed E-state index contributed by atoms with van der Waals surface area (Å²) in [5.41, 5.74) is 3.91. The highest BCUT2D eigenvalue weighted by molar-refractivity contribution is 5.87. The van der Waals surface area contributed by atoms with Gasteiger partial charge in [-0.15, -0.1) is 0 Å². The van der Waals surface area contributed by atoms with Crippen molar-refractivity contribution >= 4 is 10.9 Å². The Kier molecular flexibility index (Phi) is 3.15. The van der Waals surface area contributed by atoms with Crippen LogP contribution in [0, 0.1) is 0 Å². The molecule has 0 radical (unpaired) electrons. The van der Waals surface area contributed by atoms with E-state index in [9.17, 15) is 0 Å². The Morgan fingerprint density at radius 3 is 2.24 bits per heavy atom.